The number of amides is 1. The van der Waals surface area contributed by atoms with E-state index in [1.807, 2.05) is 35.2 Å². The van der Waals surface area contributed by atoms with E-state index in [-0.39, 0.29) is 31.0 Å². The average molecular weight is 467 g/mol. The molecule has 4 rings (SSSR count). The summed E-state index contributed by atoms with van der Waals surface area (Å²) in [6, 6.07) is 14.1. The minimum absolute atomic E-state index is 0.00379. The number of halogens is 3. The Labute approximate surface area is 185 Å². The first-order valence-electron chi connectivity index (χ1n) is 10.7. The lowest BCUT2D eigenvalue weighted by molar-refractivity contribution is -0.140. The summed E-state index contributed by atoms with van der Waals surface area (Å²) < 4.78 is 67.0. The third kappa shape index (κ3) is 4.41. The van der Waals surface area contributed by atoms with Gasteiger partial charge in [-0.05, 0) is 43.4 Å². The molecule has 0 spiro atoms. The molecule has 0 saturated carbocycles. The monoisotopic (exact) mass is 466 g/mol. The van der Waals surface area contributed by atoms with Gasteiger partial charge in [-0.2, -0.15) is 17.5 Å². The highest BCUT2D eigenvalue weighted by atomic mass is 32.2. The van der Waals surface area contributed by atoms with Crippen LogP contribution in [0.15, 0.2) is 59.5 Å². The van der Waals surface area contributed by atoms with Gasteiger partial charge in [-0.3, -0.25) is 4.79 Å². The lowest BCUT2D eigenvalue weighted by atomic mass is 9.95. The van der Waals surface area contributed by atoms with Gasteiger partial charge < -0.3 is 4.90 Å². The molecule has 2 heterocycles. The van der Waals surface area contributed by atoms with Gasteiger partial charge in [-0.15, -0.1) is 0 Å². The Morgan fingerprint density at radius 3 is 2.16 bits per heavy atom. The second-order valence-electron chi connectivity index (χ2n) is 8.27. The number of rotatable bonds is 4. The smallest absolute Gasteiger partial charge is 0.335 e. The second-order valence-corrected chi connectivity index (χ2v) is 10.2. The molecule has 0 bridgehead atoms. The predicted octanol–water partition coefficient (Wildman–Crippen LogP) is 4.47. The fraction of sp³-hybridized carbons (Fsp3) is 0.435. The van der Waals surface area contributed by atoms with Gasteiger partial charge in [0, 0.05) is 25.6 Å². The molecule has 2 aromatic carbocycles. The summed E-state index contributed by atoms with van der Waals surface area (Å²) in [4.78, 5) is 14.3. The van der Waals surface area contributed by atoms with E-state index >= 15 is 0 Å². The van der Waals surface area contributed by atoms with Gasteiger partial charge in [0.25, 0.3) is 0 Å². The maximum Gasteiger partial charge on any atom is 0.417 e. The number of nitrogens with zero attached hydrogens (tertiary/aromatic N) is 2. The van der Waals surface area contributed by atoms with E-state index < -0.39 is 26.7 Å². The number of benzene rings is 2. The minimum Gasteiger partial charge on any atom is -0.335 e. The number of hydrogen-bond acceptors (Lipinski definition) is 3. The van der Waals surface area contributed by atoms with Crippen molar-refractivity contribution in [3.05, 3.63) is 65.7 Å². The van der Waals surface area contributed by atoms with Crippen molar-refractivity contribution in [3.63, 3.8) is 0 Å². The SMILES string of the molecule is O=C(C1CCN(S(=O)(=O)c2ccccc2C(F)(F)F)CC1)N1CCCC1c1ccccc1. The van der Waals surface area contributed by atoms with Gasteiger partial charge in [0.05, 0.1) is 16.5 Å². The van der Waals surface area contributed by atoms with Crippen molar-refractivity contribution in [2.75, 3.05) is 19.6 Å². The highest BCUT2D eigenvalue weighted by molar-refractivity contribution is 7.89. The molecule has 0 aliphatic carbocycles. The Balaban J connectivity index is 1.46. The number of hydrogen-bond donors (Lipinski definition) is 0. The average Bonchev–Trinajstić information content (AvgIpc) is 3.29. The van der Waals surface area contributed by atoms with Crippen LogP contribution in [0.4, 0.5) is 13.2 Å². The predicted molar refractivity (Wildman–Crippen MR) is 113 cm³/mol. The van der Waals surface area contributed by atoms with Gasteiger partial charge >= 0.3 is 6.18 Å². The molecule has 2 aromatic rings. The van der Waals surface area contributed by atoms with Crippen LogP contribution >= 0.6 is 0 Å². The molecule has 2 aliphatic heterocycles. The van der Waals surface area contributed by atoms with Crippen molar-refractivity contribution in [3.8, 4) is 0 Å². The maximum absolute atomic E-state index is 13.3. The molecular weight excluding hydrogens is 441 g/mol. The van der Waals surface area contributed by atoms with E-state index in [9.17, 15) is 26.4 Å². The van der Waals surface area contributed by atoms with Crippen LogP contribution in [0.3, 0.4) is 0 Å². The Hall–Kier alpha value is -2.39. The van der Waals surface area contributed by atoms with Crippen molar-refractivity contribution in [1.29, 1.82) is 0 Å². The Kier molecular flexibility index (Phi) is 6.31. The van der Waals surface area contributed by atoms with E-state index in [4.69, 9.17) is 0 Å². The highest BCUT2D eigenvalue weighted by Crippen LogP contribution is 2.37. The van der Waals surface area contributed by atoms with Gasteiger partial charge in [-0.1, -0.05) is 42.5 Å². The van der Waals surface area contributed by atoms with Crippen LogP contribution in [0.2, 0.25) is 0 Å². The number of alkyl halides is 3. The van der Waals surface area contributed by atoms with Crippen molar-refractivity contribution < 1.29 is 26.4 Å². The summed E-state index contributed by atoms with van der Waals surface area (Å²) in [7, 11) is -4.31. The van der Waals surface area contributed by atoms with Crippen molar-refractivity contribution >= 4 is 15.9 Å². The van der Waals surface area contributed by atoms with Crippen LogP contribution in [0, 0.1) is 5.92 Å². The first-order chi connectivity index (χ1) is 15.2. The van der Waals surface area contributed by atoms with Gasteiger partial charge in [0.15, 0.2) is 0 Å². The second kappa shape index (κ2) is 8.86. The Bertz CT molecular complexity index is 1070. The van der Waals surface area contributed by atoms with Crippen molar-refractivity contribution in [2.45, 2.75) is 42.8 Å². The fourth-order valence-corrected chi connectivity index (χ4v) is 6.38. The number of piperidine rings is 1. The molecule has 9 heteroatoms. The molecule has 172 valence electrons. The van der Waals surface area contributed by atoms with Crippen LogP contribution < -0.4 is 0 Å². The zero-order valence-electron chi connectivity index (χ0n) is 17.5. The molecule has 0 radical (unpaired) electrons. The fourth-order valence-electron chi connectivity index (χ4n) is 4.69. The molecule has 2 fully saturated rings. The Morgan fingerprint density at radius 2 is 1.50 bits per heavy atom. The molecule has 2 saturated heterocycles. The molecule has 0 N–H and O–H groups in total. The molecule has 1 atom stereocenters. The molecule has 2 aliphatic rings. The number of carbonyl (C=O) groups is 1. The standard InChI is InChI=1S/C23H25F3N2O3S/c24-23(25,26)19-9-4-5-11-21(19)32(30,31)27-15-12-18(13-16-27)22(29)28-14-6-10-20(28)17-7-2-1-3-8-17/h1-5,7-9,11,18,20H,6,10,12-16H2. The quantitative estimate of drug-likeness (QED) is 0.668. The van der Waals surface area contributed by atoms with E-state index in [1.54, 1.807) is 0 Å². The molecule has 32 heavy (non-hydrogen) atoms. The van der Waals surface area contributed by atoms with Gasteiger partial charge in [-0.25, -0.2) is 8.42 Å². The molecule has 1 unspecified atom stereocenters. The zero-order chi connectivity index (χ0) is 22.9. The number of carbonyl (C=O) groups excluding carboxylic acids is 1. The maximum atomic E-state index is 13.3. The molecular formula is C23H25F3N2O3S. The number of sulfonamides is 1. The lowest BCUT2D eigenvalue weighted by Crippen LogP contribution is -2.44. The molecule has 0 aromatic heterocycles. The van der Waals surface area contributed by atoms with Crippen LogP contribution in [-0.2, 0) is 21.0 Å². The minimum atomic E-state index is -4.76. The van der Waals surface area contributed by atoms with Crippen molar-refractivity contribution in [2.24, 2.45) is 5.92 Å². The van der Waals surface area contributed by atoms with E-state index in [0.717, 1.165) is 34.8 Å². The normalized spacial score (nSPS) is 21.1. The third-order valence-corrected chi connectivity index (χ3v) is 8.29. The molecule has 1 amide bonds. The first kappa shape index (κ1) is 22.8. The summed E-state index contributed by atoms with van der Waals surface area (Å²) in [6.45, 7) is 0.708. The summed E-state index contributed by atoms with van der Waals surface area (Å²) in [5, 5.41) is 0. The van der Waals surface area contributed by atoms with E-state index in [0.29, 0.717) is 19.4 Å². The van der Waals surface area contributed by atoms with Crippen LogP contribution in [0.5, 0.6) is 0 Å². The van der Waals surface area contributed by atoms with E-state index in [2.05, 4.69) is 0 Å². The Morgan fingerprint density at radius 1 is 0.875 bits per heavy atom. The summed E-state index contributed by atoms with van der Waals surface area (Å²) in [5.41, 5.74) is -0.0805. The zero-order valence-corrected chi connectivity index (χ0v) is 18.3. The first-order valence-corrected chi connectivity index (χ1v) is 12.2. The largest absolute Gasteiger partial charge is 0.417 e. The third-order valence-electron chi connectivity index (χ3n) is 6.33. The van der Waals surface area contributed by atoms with Crippen LogP contribution in [-0.4, -0.2) is 43.2 Å². The summed E-state index contributed by atoms with van der Waals surface area (Å²) in [6.07, 6.45) is -2.38. The molecule has 5 nitrogen and oxygen atoms in total. The van der Waals surface area contributed by atoms with Crippen LogP contribution in [0.1, 0.15) is 42.9 Å². The van der Waals surface area contributed by atoms with E-state index in [1.165, 1.54) is 12.1 Å². The van der Waals surface area contributed by atoms with Gasteiger partial charge in [0.1, 0.15) is 0 Å². The van der Waals surface area contributed by atoms with Gasteiger partial charge in [0.2, 0.25) is 15.9 Å². The number of likely N-dealkylation sites (tertiary alicyclic amines) is 1. The summed E-state index contributed by atoms with van der Waals surface area (Å²) in [5.74, 6) is -0.326. The van der Waals surface area contributed by atoms with Crippen LogP contribution in [0.25, 0.3) is 0 Å². The highest BCUT2D eigenvalue weighted by Gasteiger charge is 2.41. The summed E-state index contributed by atoms with van der Waals surface area (Å²) >= 11 is 0. The lowest BCUT2D eigenvalue weighted by Gasteiger charge is -2.34. The van der Waals surface area contributed by atoms with Crippen molar-refractivity contribution in [1.82, 2.24) is 9.21 Å². The topological polar surface area (TPSA) is 57.7 Å².